The van der Waals surface area contributed by atoms with Crippen molar-refractivity contribution < 1.29 is 4.39 Å². The van der Waals surface area contributed by atoms with Crippen LogP contribution in [0.15, 0.2) is 23.3 Å². The van der Waals surface area contributed by atoms with E-state index in [1.54, 1.807) is 12.3 Å². The minimum Gasteiger partial charge on any atom is -0.356 e. The molecule has 6 heteroatoms. The summed E-state index contributed by atoms with van der Waals surface area (Å²) >= 11 is 0. The van der Waals surface area contributed by atoms with Crippen LogP contribution in [0.4, 0.5) is 4.39 Å². The van der Waals surface area contributed by atoms with Crippen LogP contribution in [-0.4, -0.2) is 34.5 Å². The van der Waals surface area contributed by atoms with Crippen LogP contribution < -0.4 is 5.32 Å². The lowest BCUT2D eigenvalue weighted by molar-refractivity contribution is -0.0667. The molecular formula is C16H26FIN4. The molecule has 1 aromatic heterocycles. The van der Waals surface area contributed by atoms with Crippen molar-refractivity contribution in [3.8, 4) is 0 Å². The second-order valence-electron chi connectivity index (χ2n) is 6.63. The fraction of sp³-hybridized carbons (Fsp3) is 0.625. The maximum atomic E-state index is 13.6. The van der Waals surface area contributed by atoms with Crippen LogP contribution in [0.5, 0.6) is 0 Å². The third kappa shape index (κ3) is 3.52. The number of aromatic nitrogens is 1. The van der Waals surface area contributed by atoms with Gasteiger partial charge < -0.3 is 10.2 Å². The molecule has 0 spiro atoms. The lowest BCUT2D eigenvalue weighted by Gasteiger charge is -2.62. The van der Waals surface area contributed by atoms with Crippen LogP contribution in [0, 0.1) is 11.2 Å². The van der Waals surface area contributed by atoms with Crippen molar-refractivity contribution in [1.82, 2.24) is 15.2 Å². The molecule has 1 saturated heterocycles. The molecule has 0 aromatic carbocycles. The van der Waals surface area contributed by atoms with E-state index in [1.165, 1.54) is 6.07 Å². The standard InChI is InChI=1S/C16H25FN4.HI/c1-6-18-14(21-11-15(2,3)16(21,4)5)20-10-13-12(17)8-7-9-19-13;/h7-9H,6,10-11H2,1-5H3,(H,18,20);1H. The fourth-order valence-corrected chi connectivity index (χ4v) is 2.48. The van der Waals surface area contributed by atoms with Crippen LogP contribution in [0.3, 0.4) is 0 Å². The first-order valence-electron chi connectivity index (χ1n) is 7.45. The molecule has 0 saturated carbocycles. The molecule has 0 unspecified atom stereocenters. The van der Waals surface area contributed by atoms with E-state index < -0.39 is 0 Å². The molecule has 0 bridgehead atoms. The topological polar surface area (TPSA) is 40.5 Å². The first kappa shape index (κ1) is 19.1. The molecule has 0 atom stereocenters. The summed E-state index contributed by atoms with van der Waals surface area (Å²) in [5, 5.41) is 3.29. The summed E-state index contributed by atoms with van der Waals surface area (Å²) in [6, 6.07) is 3.01. The number of likely N-dealkylation sites (tertiary alicyclic amines) is 1. The number of rotatable bonds is 3. The molecule has 1 aromatic rings. The minimum absolute atomic E-state index is 0. The molecule has 1 N–H and O–H groups in total. The van der Waals surface area contributed by atoms with Gasteiger partial charge in [0.25, 0.3) is 0 Å². The number of guanidine groups is 1. The van der Waals surface area contributed by atoms with Crippen molar-refractivity contribution in [2.24, 2.45) is 10.4 Å². The predicted molar refractivity (Wildman–Crippen MR) is 99.0 cm³/mol. The van der Waals surface area contributed by atoms with E-state index in [1.807, 2.05) is 6.92 Å². The molecule has 4 nitrogen and oxygen atoms in total. The quantitative estimate of drug-likeness (QED) is 0.463. The van der Waals surface area contributed by atoms with E-state index in [9.17, 15) is 4.39 Å². The lowest BCUT2D eigenvalue weighted by atomic mass is 9.65. The first-order chi connectivity index (χ1) is 9.79. The Bertz CT molecular complexity index is 543. The van der Waals surface area contributed by atoms with Gasteiger partial charge in [-0.1, -0.05) is 13.8 Å². The Morgan fingerprint density at radius 2 is 2.09 bits per heavy atom. The Morgan fingerprint density at radius 1 is 1.41 bits per heavy atom. The zero-order valence-corrected chi connectivity index (χ0v) is 16.3. The molecule has 1 aliphatic heterocycles. The largest absolute Gasteiger partial charge is 0.356 e. The van der Waals surface area contributed by atoms with Crippen molar-refractivity contribution in [2.45, 2.75) is 46.7 Å². The molecule has 2 rings (SSSR count). The molecule has 1 fully saturated rings. The van der Waals surface area contributed by atoms with Crippen molar-refractivity contribution in [3.63, 3.8) is 0 Å². The number of aliphatic imine (C=N–C) groups is 1. The van der Waals surface area contributed by atoms with E-state index in [-0.39, 0.29) is 47.3 Å². The van der Waals surface area contributed by atoms with Gasteiger partial charge in [0, 0.05) is 30.2 Å². The highest BCUT2D eigenvalue weighted by Crippen LogP contribution is 2.46. The molecule has 22 heavy (non-hydrogen) atoms. The summed E-state index contributed by atoms with van der Waals surface area (Å²) < 4.78 is 13.6. The van der Waals surface area contributed by atoms with Gasteiger partial charge in [-0.15, -0.1) is 24.0 Å². The van der Waals surface area contributed by atoms with Gasteiger partial charge in [-0.25, -0.2) is 9.38 Å². The van der Waals surface area contributed by atoms with Gasteiger partial charge >= 0.3 is 0 Å². The SMILES string of the molecule is CCNC(=NCc1ncccc1F)N1CC(C)(C)C1(C)C.I. The molecule has 0 amide bonds. The van der Waals surface area contributed by atoms with Crippen LogP contribution in [-0.2, 0) is 6.54 Å². The Labute approximate surface area is 149 Å². The van der Waals surface area contributed by atoms with Crippen LogP contribution >= 0.6 is 24.0 Å². The fourth-order valence-electron chi connectivity index (χ4n) is 2.48. The number of nitrogens with one attached hydrogen (secondary N) is 1. The first-order valence-corrected chi connectivity index (χ1v) is 7.45. The second-order valence-corrected chi connectivity index (χ2v) is 6.63. The monoisotopic (exact) mass is 420 g/mol. The Morgan fingerprint density at radius 3 is 2.59 bits per heavy atom. The molecule has 0 radical (unpaired) electrons. The van der Waals surface area contributed by atoms with Crippen molar-refractivity contribution in [2.75, 3.05) is 13.1 Å². The maximum absolute atomic E-state index is 13.6. The Kier molecular flexibility index (Phi) is 6.18. The van der Waals surface area contributed by atoms with Gasteiger partial charge in [0.15, 0.2) is 5.96 Å². The summed E-state index contributed by atoms with van der Waals surface area (Å²) in [5.41, 5.74) is 0.640. The number of nitrogens with zero attached hydrogens (tertiary/aromatic N) is 3. The highest BCUT2D eigenvalue weighted by molar-refractivity contribution is 14.0. The molecule has 124 valence electrons. The smallest absolute Gasteiger partial charge is 0.194 e. The summed E-state index contributed by atoms with van der Waals surface area (Å²) in [5.74, 6) is 0.521. The van der Waals surface area contributed by atoms with Gasteiger partial charge in [-0.2, -0.15) is 0 Å². The summed E-state index contributed by atoms with van der Waals surface area (Å²) in [7, 11) is 0. The highest BCUT2D eigenvalue weighted by Gasteiger charge is 2.53. The van der Waals surface area contributed by atoms with Gasteiger partial charge in [-0.3, -0.25) is 4.98 Å². The normalized spacial score (nSPS) is 19.2. The van der Waals surface area contributed by atoms with Gasteiger partial charge in [-0.05, 0) is 32.9 Å². The van der Waals surface area contributed by atoms with E-state index in [2.05, 4.69) is 47.9 Å². The third-order valence-corrected chi connectivity index (χ3v) is 4.69. The van der Waals surface area contributed by atoms with Gasteiger partial charge in [0.2, 0.25) is 0 Å². The minimum atomic E-state index is -0.305. The Balaban J connectivity index is 0.00000242. The number of halogens is 2. The third-order valence-electron chi connectivity index (χ3n) is 4.69. The van der Waals surface area contributed by atoms with Crippen LogP contribution in [0.2, 0.25) is 0 Å². The van der Waals surface area contributed by atoms with Crippen molar-refractivity contribution >= 4 is 29.9 Å². The summed E-state index contributed by atoms with van der Waals surface area (Å²) in [4.78, 5) is 10.9. The van der Waals surface area contributed by atoms with E-state index in [0.717, 1.165) is 19.0 Å². The zero-order chi connectivity index (χ0) is 15.7. The van der Waals surface area contributed by atoms with E-state index in [0.29, 0.717) is 5.69 Å². The van der Waals surface area contributed by atoms with Gasteiger partial charge in [0.05, 0.1) is 12.2 Å². The number of hydrogen-bond donors (Lipinski definition) is 1. The summed E-state index contributed by atoms with van der Waals surface area (Å²) in [6.07, 6.45) is 1.59. The average Bonchev–Trinajstić information content (AvgIpc) is 2.43. The van der Waals surface area contributed by atoms with Crippen molar-refractivity contribution in [1.29, 1.82) is 0 Å². The van der Waals surface area contributed by atoms with Crippen LogP contribution in [0.1, 0.15) is 40.3 Å². The van der Waals surface area contributed by atoms with E-state index >= 15 is 0 Å². The van der Waals surface area contributed by atoms with E-state index in [4.69, 9.17) is 0 Å². The van der Waals surface area contributed by atoms with Crippen molar-refractivity contribution in [3.05, 3.63) is 29.8 Å². The van der Waals surface area contributed by atoms with Gasteiger partial charge in [0.1, 0.15) is 5.82 Å². The predicted octanol–water partition coefficient (Wildman–Crippen LogP) is 3.42. The highest BCUT2D eigenvalue weighted by atomic mass is 127. The number of hydrogen-bond acceptors (Lipinski definition) is 2. The zero-order valence-electron chi connectivity index (χ0n) is 14.0. The number of pyridine rings is 1. The molecule has 0 aliphatic carbocycles. The molecule has 2 heterocycles. The van der Waals surface area contributed by atoms with Crippen LogP contribution in [0.25, 0.3) is 0 Å². The Hall–Kier alpha value is -0.920. The maximum Gasteiger partial charge on any atom is 0.194 e. The second kappa shape index (κ2) is 7.10. The lowest BCUT2D eigenvalue weighted by Crippen LogP contribution is -2.72. The molecule has 1 aliphatic rings. The average molecular weight is 420 g/mol. The molecular weight excluding hydrogens is 394 g/mol. The summed E-state index contributed by atoms with van der Waals surface area (Å²) in [6.45, 7) is 13.0.